The molecule has 0 fully saturated rings. The van der Waals surface area contributed by atoms with Crippen LogP contribution in [0.1, 0.15) is 36.2 Å². The van der Waals surface area contributed by atoms with Gasteiger partial charge in [0.05, 0.1) is 25.0 Å². The summed E-state index contributed by atoms with van der Waals surface area (Å²) in [5, 5.41) is 0. The van der Waals surface area contributed by atoms with Gasteiger partial charge in [-0.1, -0.05) is 12.0 Å². The first-order valence-electron chi connectivity index (χ1n) is 8.54. The molecule has 1 aromatic carbocycles. The number of nitrogens with two attached hydrogens (primary N) is 1. The van der Waals surface area contributed by atoms with Crippen LogP contribution in [-0.4, -0.2) is 29.2 Å². The van der Waals surface area contributed by atoms with Crippen LogP contribution in [-0.2, 0) is 4.74 Å². The van der Waals surface area contributed by atoms with Crippen molar-refractivity contribution < 1.29 is 18.3 Å². The number of benzene rings is 1. The average Bonchev–Trinajstić information content (AvgIpc) is 2.70. The summed E-state index contributed by atoms with van der Waals surface area (Å²) in [5.74, 6) is 4.62. The number of hydrogen-bond acceptors (Lipinski definition) is 6. The molecule has 0 radical (unpaired) electrons. The summed E-state index contributed by atoms with van der Waals surface area (Å²) >= 11 is 0. The highest BCUT2D eigenvalue weighted by Gasteiger charge is 2.20. The minimum Gasteiger partial charge on any atom is -0.465 e. The minimum atomic E-state index is -0.611. The van der Waals surface area contributed by atoms with Crippen molar-refractivity contribution in [2.24, 2.45) is 10.7 Å². The molecule has 2 heterocycles. The Morgan fingerprint density at radius 2 is 2.25 bits per heavy atom. The monoisotopic (exact) mass is 384 g/mol. The van der Waals surface area contributed by atoms with Gasteiger partial charge in [0.2, 0.25) is 5.88 Å². The molecule has 2 aromatic rings. The van der Waals surface area contributed by atoms with E-state index in [2.05, 4.69) is 26.8 Å². The minimum absolute atomic E-state index is 0.0188. The van der Waals surface area contributed by atoms with E-state index in [4.69, 9.17) is 15.2 Å². The van der Waals surface area contributed by atoms with Gasteiger partial charge in [-0.2, -0.15) is 0 Å². The molecule has 0 spiro atoms. The third-order valence-electron chi connectivity index (χ3n) is 3.94. The van der Waals surface area contributed by atoms with E-state index >= 15 is 0 Å². The normalized spacial score (nSPS) is 16.5. The molecule has 1 aliphatic heterocycles. The van der Waals surface area contributed by atoms with Crippen molar-refractivity contribution in [1.29, 1.82) is 0 Å². The second-order valence-corrected chi connectivity index (χ2v) is 5.85. The van der Waals surface area contributed by atoms with Gasteiger partial charge in [0.25, 0.3) is 6.02 Å². The molecule has 0 saturated heterocycles. The third-order valence-corrected chi connectivity index (χ3v) is 3.94. The lowest BCUT2D eigenvalue weighted by atomic mass is 10.0. The number of aliphatic imine (C=N–C) groups is 1. The van der Waals surface area contributed by atoms with E-state index in [0.29, 0.717) is 24.2 Å². The molecular weight excluding hydrogens is 366 g/mol. The summed E-state index contributed by atoms with van der Waals surface area (Å²) in [6, 6.07) is 3.83. The molecule has 1 unspecified atom stereocenters. The number of amidine groups is 1. The summed E-state index contributed by atoms with van der Waals surface area (Å²) in [4.78, 5) is 12.1. The maximum absolute atomic E-state index is 14.5. The molecule has 144 valence electrons. The molecule has 0 saturated carbocycles. The van der Waals surface area contributed by atoms with Gasteiger partial charge in [0, 0.05) is 12.0 Å². The maximum atomic E-state index is 14.5. The van der Waals surface area contributed by atoms with E-state index < -0.39 is 17.7 Å². The van der Waals surface area contributed by atoms with Crippen LogP contribution in [0.2, 0.25) is 0 Å². The Hall–Kier alpha value is -3.47. The zero-order valence-corrected chi connectivity index (χ0v) is 15.2. The number of nitrogens with zero attached hydrogens (tertiary/aromatic N) is 3. The van der Waals surface area contributed by atoms with Gasteiger partial charge in [-0.3, -0.25) is 0 Å². The van der Waals surface area contributed by atoms with E-state index in [0.717, 1.165) is 0 Å². The largest absolute Gasteiger partial charge is 0.465 e. The highest BCUT2D eigenvalue weighted by molar-refractivity contribution is 5.75. The first-order valence-corrected chi connectivity index (χ1v) is 8.54. The molecule has 28 heavy (non-hydrogen) atoms. The molecule has 1 atom stereocenters. The number of rotatable bonds is 5. The summed E-state index contributed by atoms with van der Waals surface area (Å²) in [7, 11) is 0. The van der Waals surface area contributed by atoms with Crippen LogP contribution in [0, 0.1) is 17.7 Å². The van der Waals surface area contributed by atoms with Crippen molar-refractivity contribution in [2.45, 2.75) is 19.4 Å². The van der Waals surface area contributed by atoms with Crippen LogP contribution in [0.15, 0.2) is 35.6 Å². The van der Waals surface area contributed by atoms with Crippen molar-refractivity contribution in [3.05, 3.63) is 53.2 Å². The molecule has 6 nitrogen and oxygen atoms in total. The van der Waals surface area contributed by atoms with Gasteiger partial charge in [-0.25, -0.2) is 23.7 Å². The van der Waals surface area contributed by atoms with E-state index in [1.165, 1.54) is 36.7 Å². The quantitative estimate of drug-likeness (QED) is 0.800. The first kappa shape index (κ1) is 19.3. The second kappa shape index (κ2) is 8.95. The van der Waals surface area contributed by atoms with Crippen LogP contribution in [0.3, 0.4) is 0 Å². The van der Waals surface area contributed by atoms with E-state index in [1.54, 1.807) is 6.92 Å². The van der Waals surface area contributed by atoms with E-state index in [-0.39, 0.29) is 24.2 Å². The molecule has 0 bridgehead atoms. The molecule has 1 aromatic heterocycles. The predicted octanol–water partition coefficient (Wildman–Crippen LogP) is 3.26. The fraction of sp³-hybridized carbons (Fsp3) is 0.250. The Labute approximate surface area is 161 Å². The molecule has 2 N–H and O–H groups in total. The van der Waals surface area contributed by atoms with Gasteiger partial charge in [0.15, 0.2) is 12.4 Å². The fourth-order valence-corrected chi connectivity index (χ4v) is 2.58. The molecule has 1 aliphatic rings. The Bertz CT molecular complexity index is 962. The van der Waals surface area contributed by atoms with Crippen molar-refractivity contribution in [1.82, 2.24) is 9.97 Å². The van der Waals surface area contributed by atoms with Gasteiger partial charge in [-0.05, 0) is 30.7 Å². The smallest absolute Gasteiger partial charge is 0.282 e. The first-order chi connectivity index (χ1) is 13.6. The molecule has 3 rings (SSSR count). The number of halogens is 2. The van der Waals surface area contributed by atoms with Gasteiger partial charge in [-0.15, -0.1) is 5.92 Å². The Balaban J connectivity index is 1.79. The van der Waals surface area contributed by atoms with Crippen LogP contribution in [0.4, 0.5) is 8.78 Å². The van der Waals surface area contributed by atoms with Gasteiger partial charge >= 0.3 is 0 Å². The van der Waals surface area contributed by atoms with Crippen molar-refractivity contribution in [3.8, 4) is 17.7 Å². The standard InChI is InChI=1S/C20H18F2N4O2/c1-2-3-7-27-19-12-24-18(11-25-19)16(22)10-13-4-5-15(21)14(9-13)17-6-8-28-20(23)26-17/h4-5,9-12,17H,6-8H2,1H3,(H2,23,26)/b16-10-. The molecular formula is C20H18F2N4O2. The van der Waals surface area contributed by atoms with Gasteiger partial charge < -0.3 is 15.2 Å². The van der Waals surface area contributed by atoms with Crippen LogP contribution in [0.25, 0.3) is 11.9 Å². The zero-order chi connectivity index (χ0) is 19.9. The Kier molecular flexibility index (Phi) is 6.17. The van der Waals surface area contributed by atoms with E-state index in [1.807, 2.05) is 0 Å². The predicted molar refractivity (Wildman–Crippen MR) is 101 cm³/mol. The number of hydrogen-bond donors (Lipinski definition) is 1. The Morgan fingerprint density at radius 1 is 1.39 bits per heavy atom. The van der Waals surface area contributed by atoms with E-state index in [9.17, 15) is 8.78 Å². The number of ether oxygens (including phenoxy) is 2. The van der Waals surface area contributed by atoms with Crippen LogP contribution < -0.4 is 10.5 Å². The number of aromatic nitrogens is 2. The summed E-state index contributed by atoms with van der Waals surface area (Å²) in [5.41, 5.74) is 6.39. The van der Waals surface area contributed by atoms with Crippen molar-refractivity contribution in [2.75, 3.05) is 13.2 Å². The van der Waals surface area contributed by atoms with Crippen LogP contribution >= 0.6 is 0 Å². The van der Waals surface area contributed by atoms with Crippen molar-refractivity contribution in [3.63, 3.8) is 0 Å². The lowest BCUT2D eigenvalue weighted by molar-refractivity contribution is 0.255. The topological polar surface area (TPSA) is 82.6 Å². The molecule has 8 heteroatoms. The highest BCUT2D eigenvalue weighted by Crippen LogP contribution is 2.28. The summed E-state index contributed by atoms with van der Waals surface area (Å²) < 4.78 is 39.0. The maximum Gasteiger partial charge on any atom is 0.282 e. The fourth-order valence-electron chi connectivity index (χ4n) is 2.58. The summed E-state index contributed by atoms with van der Waals surface area (Å²) in [6.07, 6.45) is 4.31. The lowest BCUT2D eigenvalue weighted by Gasteiger charge is -2.20. The summed E-state index contributed by atoms with van der Waals surface area (Å²) in [6.45, 7) is 2.23. The van der Waals surface area contributed by atoms with Crippen molar-refractivity contribution >= 4 is 17.9 Å². The SMILES string of the molecule is CC#CCOc1cnc(/C(F)=C/c2ccc(F)c(C3CCOC(N)=N3)c2)cn1. The van der Waals surface area contributed by atoms with Crippen LogP contribution in [0.5, 0.6) is 5.88 Å². The Morgan fingerprint density at radius 3 is 2.96 bits per heavy atom. The third kappa shape index (κ3) is 4.82. The molecule has 0 amide bonds. The highest BCUT2D eigenvalue weighted by atomic mass is 19.1. The zero-order valence-electron chi connectivity index (χ0n) is 15.2. The second-order valence-electron chi connectivity index (χ2n) is 5.85. The molecule has 0 aliphatic carbocycles. The average molecular weight is 384 g/mol. The lowest BCUT2D eigenvalue weighted by Crippen LogP contribution is -2.24. The van der Waals surface area contributed by atoms with Gasteiger partial charge in [0.1, 0.15) is 11.5 Å².